The molecule has 0 radical (unpaired) electrons. The number of amides is 1. The molecular weight excluding hydrogens is 234 g/mol. The van der Waals surface area contributed by atoms with Crippen molar-refractivity contribution in [3.05, 3.63) is 0 Å². The highest BCUT2D eigenvalue weighted by atomic mass is 16.5. The van der Waals surface area contributed by atoms with Crippen LogP contribution in [0.1, 0.15) is 12.8 Å². The van der Waals surface area contributed by atoms with Gasteiger partial charge in [0.2, 0.25) is 5.91 Å². The maximum absolute atomic E-state index is 11.9. The summed E-state index contributed by atoms with van der Waals surface area (Å²) in [7, 11) is 3.16. The minimum Gasteiger partial charge on any atom is -0.469 e. The van der Waals surface area contributed by atoms with E-state index in [2.05, 4.69) is 15.0 Å². The van der Waals surface area contributed by atoms with Crippen molar-refractivity contribution < 1.29 is 14.3 Å². The number of nitrogens with one attached hydrogen (secondary N) is 1. The smallest absolute Gasteiger partial charge is 0.305 e. The molecule has 0 aromatic carbocycles. The molecule has 1 aliphatic rings. The molecule has 18 heavy (non-hydrogen) atoms. The molecule has 6 heteroatoms. The van der Waals surface area contributed by atoms with Gasteiger partial charge in [0, 0.05) is 46.2 Å². The van der Waals surface area contributed by atoms with Crippen LogP contribution in [0.2, 0.25) is 0 Å². The third-order valence-electron chi connectivity index (χ3n) is 3.10. The minimum absolute atomic E-state index is 0.113. The lowest BCUT2D eigenvalue weighted by Gasteiger charge is -2.28. The van der Waals surface area contributed by atoms with E-state index in [0.29, 0.717) is 25.9 Å². The summed E-state index contributed by atoms with van der Waals surface area (Å²) in [6.07, 6.45) is 1.01. The highest BCUT2D eigenvalue weighted by Gasteiger charge is 2.16. The molecule has 1 saturated heterocycles. The summed E-state index contributed by atoms with van der Waals surface area (Å²) in [4.78, 5) is 26.7. The lowest BCUT2D eigenvalue weighted by atomic mass is 10.3. The number of hydrogen-bond donors (Lipinski definition) is 1. The predicted octanol–water partition coefficient (Wildman–Crippen LogP) is -0.697. The first kappa shape index (κ1) is 14.9. The number of nitrogens with zero attached hydrogens (tertiary/aromatic N) is 2. The van der Waals surface area contributed by atoms with Gasteiger partial charge in [-0.15, -0.1) is 0 Å². The molecule has 6 nitrogen and oxygen atoms in total. The van der Waals surface area contributed by atoms with Crippen LogP contribution in [0.4, 0.5) is 0 Å². The van der Waals surface area contributed by atoms with Crippen LogP contribution in [-0.4, -0.2) is 75.1 Å². The Kier molecular flexibility index (Phi) is 6.67. The van der Waals surface area contributed by atoms with Gasteiger partial charge in [0.05, 0.1) is 13.7 Å². The number of esters is 1. The molecule has 0 bridgehead atoms. The molecule has 0 spiro atoms. The van der Waals surface area contributed by atoms with E-state index in [-0.39, 0.29) is 11.9 Å². The third kappa shape index (κ3) is 5.46. The predicted molar refractivity (Wildman–Crippen MR) is 68.2 cm³/mol. The topological polar surface area (TPSA) is 61.9 Å². The molecule has 1 aliphatic heterocycles. The fourth-order valence-electron chi connectivity index (χ4n) is 1.87. The number of piperazine rings is 1. The number of carbonyl (C=O) groups is 2. The number of rotatable bonds is 6. The van der Waals surface area contributed by atoms with Crippen molar-refractivity contribution in [2.45, 2.75) is 12.8 Å². The second-order valence-corrected chi connectivity index (χ2v) is 4.52. The Morgan fingerprint density at radius 3 is 2.61 bits per heavy atom. The van der Waals surface area contributed by atoms with Crippen LogP contribution in [0.25, 0.3) is 0 Å². The molecule has 0 atom stereocenters. The van der Waals surface area contributed by atoms with Gasteiger partial charge in [-0.1, -0.05) is 0 Å². The van der Waals surface area contributed by atoms with Crippen molar-refractivity contribution in [3.63, 3.8) is 0 Å². The number of likely N-dealkylation sites (N-methyl/N-ethyl adjacent to an activating group) is 1. The van der Waals surface area contributed by atoms with Crippen LogP contribution >= 0.6 is 0 Å². The average Bonchev–Trinajstić information content (AvgIpc) is 2.39. The largest absolute Gasteiger partial charge is 0.469 e. The Balaban J connectivity index is 2.17. The van der Waals surface area contributed by atoms with E-state index in [1.807, 2.05) is 0 Å². The van der Waals surface area contributed by atoms with Gasteiger partial charge in [0.25, 0.3) is 0 Å². The van der Waals surface area contributed by atoms with Crippen LogP contribution in [0, 0.1) is 0 Å². The van der Waals surface area contributed by atoms with Crippen LogP contribution in [0.15, 0.2) is 0 Å². The second kappa shape index (κ2) is 8.05. The number of ether oxygens (including phenoxy) is 1. The molecule has 0 unspecified atom stereocenters. The SMILES string of the molecule is COC(=O)CCCN(C)C(=O)CN1CCNCC1. The van der Waals surface area contributed by atoms with Gasteiger partial charge in [0.15, 0.2) is 0 Å². The zero-order chi connectivity index (χ0) is 13.4. The Morgan fingerprint density at radius 2 is 2.00 bits per heavy atom. The fourth-order valence-corrected chi connectivity index (χ4v) is 1.87. The normalized spacial score (nSPS) is 16.3. The maximum Gasteiger partial charge on any atom is 0.305 e. The van der Waals surface area contributed by atoms with Gasteiger partial charge >= 0.3 is 5.97 Å². The molecule has 1 heterocycles. The molecule has 1 fully saturated rings. The maximum atomic E-state index is 11.9. The first-order valence-electron chi connectivity index (χ1n) is 6.37. The molecule has 0 aliphatic carbocycles. The minimum atomic E-state index is -0.224. The van der Waals surface area contributed by atoms with Gasteiger partial charge in [-0.3, -0.25) is 14.5 Å². The van der Waals surface area contributed by atoms with E-state index in [9.17, 15) is 9.59 Å². The Bertz CT molecular complexity index is 278. The van der Waals surface area contributed by atoms with E-state index in [4.69, 9.17) is 0 Å². The average molecular weight is 257 g/mol. The van der Waals surface area contributed by atoms with E-state index in [1.165, 1.54) is 7.11 Å². The van der Waals surface area contributed by atoms with Crippen molar-refractivity contribution >= 4 is 11.9 Å². The summed E-state index contributed by atoms with van der Waals surface area (Å²) in [5.74, 6) is -0.111. The summed E-state index contributed by atoms with van der Waals surface area (Å²) in [5.41, 5.74) is 0. The van der Waals surface area contributed by atoms with Crippen molar-refractivity contribution in [1.29, 1.82) is 0 Å². The monoisotopic (exact) mass is 257 g/mol. The van der Waals surface area contributed by atoms with E-state index in [0.717, 1.165) is 26.2 Å². The summed E-state index contributed by atoms with van der Waals surface area (Å²) >= 11 is 0. The fraction of sp³-hybridized carbons (Fsp3) is 0.833. The van der Waals surface area contributed by atoms with Gasteiger partial charge < -0.3 is 15.0 Å². The van der Waals surface area contributed by atoms with Gasteiger partial charge in [-0.05, 0) is 6.42 Å². The van der Waals surface area contributed by atoms with Gasteiger partial charge in [-0.2, -0.15) is 0 Å². The Labute approximate surface area is 108 Å². The summed E-state index contributed by atoms with van der Waals surface area (Å²) in [5, 5.41) is 3.25. The molecule has 0 aromatic rings. The van der Waals surface area contributed by atoms with Crippen molar-refractivity contribution in [3.8, 4) is 0 Å². The van der Waals surface area contributed by atoms with Crippen LogP contribution in [-0.2, 0) is 14.3 Å². The summed E-state index contributed by atoms with van der Waals surface area (Å²) in [6.45, 7) is 4.79. The summed E-state index contributed by atoms with van der Waals surface area (Å²) in [6, 6.07) is 0. The molecule has 1 amide bonds. The van der Waals surface area contributed by atoms with E-state index in [1.54, 1.807) is 11.9 Å². The quantitative estimate of drug-likeness (QED) is 0.638. The molecule has 1 rings (SSSR count). The number of carbonyl (C=O) groups excluding carboxylic acids is 2. The molecular formula is C12H23N3O3. The number of methoxy groups -OCH3 is 1. The molecule has 0 saturated carbocycles. The van der Waals surface area contributed by atoms with Crippen LogP contribution < -0.4 is 5.32 Å². The van der Waals surface area contributed by atoms with Crippen molar-refractivity contribution in [2.75, 3.05) is 53.4 Å². The van der Waals surface area contributed by atoms with E-state index >= 15 is 0 Å². The molecule has 1 N–H and O–H groups in total. The van der Waals surface area contributed by atoms with Crippen molar-refractivity contribution in [2.24, 2.45) is 0 Å². The highest BCUT2D eigenvalue weighted by molar-refractivity contribution is 5.78. The van der Waals surface area contributed by atoms with Gasteiger partial charge in [-0.25, -0.2) is 0 Å². The molecule has 104 valence electrons. The summed E-state index contributed by atoms with van der Waals surface area (Å²) < 4.78 is 4.56. The third-order valence-corrected chi connectivity index (χ3v) is 3.10. The molecule has 0 aromatic heterocycles. The highest BCUT2D eigenvalue weighted by Crippen LogP contribution is 1.98. The first-order valence-corrected chi connectivity index (χ1v) is 6.37. The lowest BCUT2D eigenvalue weighted by molar-refractivity contribution is -0.141. The van der Waals surface area contributed by atoms with Crippen molar-refractivity contribution in [1.82, 2.24) is 15.1 Å². The van der Waals surface area contributed by atoms with Gasteiger partial charge in [0.1, 0.15) is 0 Å². The first-order chi connectivity index (χ1) is 8.63. The lowest BCUT2D eigenvalue weighted by Crippen LogP contribution is -2.47. The van der Waals surface area contributed by atoms with Crippen LogP contribution in [0.5, 0.6) is 0 Å². The zero-order valence-corrected chi connectivity index (χ0v) is 11.3. The standard InChI is InChI=1S/C12H23N3O3/c1-14(7-3-4-12(17)18-2)11(16)10-15-8-5-13-6-9-15/h13H,3-10H2,1-2H3. The Morgan fingerprint density at radius 1 is 1.33 bits per heavy atom. The second-order valence-electron chi connectivity index (χ2n) is 4.52. The van der Waals surface area contributed by atoms with E-state index < -0.39 is 0 Å². The van der Waals surface area contributed by atoms with Crippen LogP contribution in [0.3, 0.4) is 0 Å². The number of hydrogen-bond acceptors (Lipinski definition) is 5. The zero-order valence-electron chi connectivity index (χ0n) is 11.3. The Hall–Kier alpha value is -1.14.